The lowest BCUT2D eigenvalue weighted by Gasteiger charge is -2.12. The number of thiocarbonyl (C=S) groups is 1. The molecule has 0 radical (unpaired) electrons. The van der Waals surface area contributed by atoms with E-state index in [0.717, 1.165) is 17.3 Å². The van der Waals surface area contributed by atoms with Crippen molar-refractivity contribution in [2.75, 3.05) is 11.9 Å². The number of thioether (sulfide) groups is 1. The highest BCUT2D eigenvalue weighted by Crippen LogP contribution is 2.34. The van der Waals surface area contributed by atoms with Crippen molar-refractivity contribution < 1.29 is 9.21 Å². The van der Waals surface area contributed by atoms with Gasteiger partial charge in [-0.25, -0.2) is 4.98 Å². The zero-order chi connectivity index (χ0) is 21.3. The molecule has 4 heterocycles. The zero-order valence-corrected chi connectivity index (χ0v) is 17.8. The minimum absolute atomic E-state index is 0.241. The molecule has 0 aromatic carbocycles. The fraction of sp³-hybridized carbons (Fsp3) is 0.143. The van der Waals surface area contributed by atoms with Gasteiger partial charge in [-0.3, -0.25) is 18.9 Å². The number of carbonyl (C=O) groups excluding carboxylic acids is 1. The first kappa shape index (κ1) is 20.1. The summed E-state index contributed by atoms with van der Waals surface area (Å²) < 4.78 is 7.21. The summed E-state index contributed by atoms with van der Waals surface area (Å²) in [4.78, 5) is 32.5. The van der Waals surface area contributed by atoms with Gasteiger partial charge in [-0.15, -0.1) is 6.58 Å². The van der Waals surface area contributed by atoms with Crippen LogP contribution < -0.4 is 10.9 Å². The molecular weight excluding hydrogens is 420 g/mol. The summed E-state index contributed by atoms with van der Waals surface area (Å²) in [5.74, 6) is 0.744. The van der Waals surface area contributed by atoms with Crippen LogP contribution in [-0.4, -0.2) is 31.1 Å². The van der Waals surface area contributed by atoms with E-state index in [4.69, 9.17) is 16.6 Å². The third kappa shape index (κ3) is 3.81. The van der Waals surface area contributed by atoms with Gasteiger partial charge in [0.05, 0.1) is 23.3 Å². The summed E-state index contributed by atoms with van der Waals surface area (Å²) in [5.41, 5.74) is 1.46. The summed E-state index contributed by atoms with van der Waals surface area (Å²) in [6.45, 7) is 6.26. The first-order valence-corrected chi connectivity index (χ1v) is 10.4. The van der Waals surface area contributed by atoms with E-state index in [9.17, 15) is 9.59 Å². The predicted octanol–water partition coefficient (Wildman–Crippen LogP) is 3.60. The van der Waals surface area contributed by atoms with Crippen molar-refractivity contribution >= 4 is 51.7 Å². The maximum absolute atomic E-state index is 13.2. The van der Waals surface area contributed by atoms with E-state index in [0.29, 0.717) is 38.6 Å². The van der Waals surface area contributed by atoms with Crippen molar-refractivity contribution in [3.63, 3.8) is 0 Å². The largest absolute Gasteiger partial charge is 0.467 e. The lowest BCUT2D eigenvalue weighted by Crippen LogP contribution is -2.27. The number of aryl methyl sites for hydroxylation is 1. The van der Waals surface area contributed by atoms with E-state index in [2.05, 4.69) is 16.9 Å². The number of fused-ring (bicyclic) bond motifs is 1. The number of rotatable bonds is 6. The SMILES string of the molecule is C=CCNc1nc2ccc(C)cn2c(=O)c1C=C1SC(=S)N(Cc2ccco2)C1=O. The normalized spacial score (nSPS) is 15.4. The summed E-state index contributed by atoms with van der Waals surface area (Å²) in [6.07, 6.45) is 6.49. The van der Waals surface area contributed by atoms with Crippen LogP contribution in [0.4, 0.5) is 5.82 Å². The minimum atomic E-state index is -0.273. The number of nitrogens with zero attached hydrogens (tertiary/aromatic N) is 3. The van der Waals surface area contributed by atoms with Gasteiger partial charge in [-0.1, -0.05) is 36.1 Å². The Morgan fingerprint density at radius 1 is 1.33 bits per heavy atom. The summed E-state index contributed by atoms with van der Waals surface area (Å²) in [6, 6.07) is 7.20. The van der Waals surface area contributed by atoms with Gasteiger partial charge in [-0.2, -0.15) is 0 Å². The second kappa shape index (κ2) is 8.29. The van der Waals surface area contributed by atoms with E-state index in [1.54, 1.807) is 42.8 Å². The monoisotopic (exact) mass is 438 g/mol. The maximum Gasteiger partial charge on any atom is 0.267 e. The average Bonchev–Trinajstić information content (AvgIpc) is 3.33. The second-order valence-corrected chi connectivity index (χ2v) is 8.31. The Hall–Kier alpha value is -3.17. The summed E-state index contributed by atoms with van der Waals surface area (Å²) in [5, 5.41) is 3.09. The van der Waals surface area contributed by atoms with E-state index in [1.165, 1.54) is 9.30 Å². The molecule has 0 spiro atoms. The Kier molecular flexibility index (Phi) is 5.56. The fourth-order valence-corrected chi connectivity index (χ4v) is 4.26. The molecule has 1 aliphatic heterocycles. The van der Waals surface area contributed by atoms with Crippen molar-refractivity contribution in [1.82, 2.24) is 14.3 Å². The van der Waals surface area contributed by atoms with Crippen LogP contribution in [0.1, 0.15) is 16.9 Å². The Morgan fingerprint density at radius 3 is 2.90 bits per heavy atom. The van der Waals surface area contributed by atoms with Crippen molar-refractivity contribution in [1.29, 1.82) is 0 Å². The molecule has 7 nitrogen and oxygen atoms in total. The number of furan rings is 1. The smallest absolute Gasteiger partial charge is 0.267 e. The molecule has 0 aliphatic carbocycles. The highest BCUT2D eigenvalue weighted by atomic mass is 32.2. The molecule has 1 N–H and O–H groups in total. The number of pyridine rings is 1. The molecule has 30 heavy (non-hydrogen) atoms. The zero-order valence-electron chi connectivity index (χ0n) is 16.1. The Bertz CT molecular complexity index is 1250. The first-order valence-electron chi connectivity index (χ1n) is 9.13. The predicted molar refractivity (Wildman–Crippen MR) is 122 cm³/mol. The molecule has 152 valence electrons. The Morgan fingerprint density at radius 2 is 2.17 bits per heavy atom. The van der Waals surface area contributed by atoms with Gasteiger partial charge in [0.25, 0.3) is 11.5 Å². The topological polar surface area (TPSA) is 79.9 Å². The van der Waals surface area contributed by atoms with Crippen LogP contribution in [0.5, 0.6) is 0 Å². The van der Waals surface area contributed by atoms with E-state index >= 15 is 0 Å². The van der Waals surface area contributed by atoms with Crippen LogP contribution in [0.25, 0.3) is 11.7 Å². The number of anilines is 1. The standard InChI is InChI=1S/C21H18N4O3S2/c1-3-8-22-18-15(19(26)24-11-13(2)6-7-17(24)23-18)10-16-20(27)25(21(29)30-16)12-14-5-4-9-28-14/h3-7,9-11,22H,1,8,12H2,2H3. The first-order chi connectivity index (χ1) is 14.5. The van der Waals surface area contributed by atoms with Crippen molar-refractivity contribution in [2.45, 2.75) is 13.5 Å². The maximum atomic E-state index is 13.2. The molecule has 0 unspecified atom stereocenters. The van der Waals surface area contributed by atoms with Crippen LogP contribution in [-0.2, 0) is 11.3 Å². The average molecular weight is 439 g/mol. The van der Waals surface area contributed by atoms with Crippen molar-refractivity contribution in [3.05, 3.63) is 81.5 Å². The highest BCUT2D eigenvalue weighted by Gasteiger charge is 2.33. The molecule has 0 saturated carbocycles. The number of amides is 1. The highest BCUT2D eigenvalue weighted by molar-refractivity contribution is 8.26. The Balaban J connectivity index is 1.78. The molecule has 1 saturated heterocycles. The number of nitrogens with one attached hydrogen (secondary N) is 1. The van der Waals surface area contributed by atoms with Crippen LogP contribution in [0.3, 0.4) is 0 Å². The van der Waals surface area contributed by atoms with Gasteiger partial charge in [0.1, 0.15) is 21.5 Å². The van der Waals surface area contributed by atoms with Crippen LogP contribution in [0.15, 0.2) is 63.5 Å². The molecule has 1 amide bonds. The van der Waals surface area contributed by atoms with Gasteiger partial charge in [0.2, 0.25) is 0 Å². The minimum Gasteiger partial charge on any atom is -0.467 e. The lowest BCUT2D eigenvalue weighted by molar-refractivity contribution is -0.122. The third-order valence-corrected chi connectivity index (χ3v) is 5.84. The second-order valence-electron chi connectivity index (χ2n) is 6.63. The third-order valence-electron chi connectivity index (χ3n) is 4.46. The fourth-order valence-electron chi connectivity index (χ4n) is 3.02. The van der Waals surface area contributed by atoms with Crippen LogP contribution in [0.2, 0.25) is 0 Å². The van der Waals surface area contributed by atoms with Gasteiger partial charge in [-0.05, 0) is 36.8 Å². The van der Waals surface area contributed by atoms with E-state index < -0.39 is 0 Å². The molecule has 1 aliphatic rings. The molecule has 0 bridgehead atoms. The van der Waals surface area contributed by atoms with E-state index in [-0.39, 0.29) is 18.0 Å². The van der Waals surface area contributed by atoms with Crippen molar-refractivity contribution in [2.24, 2.45) is 0 Å². The molecule has 1 fully saturated rings. The summed E-state index contributed by atoms with van der Waals surface area (Å²) >= 11 is 6.52. The molecular formula is C21H18N4O3S2. The molecule has 9 heteroatoms. The summed E-state index contributed by atoms with van der Waals surface area (Å²) in [7, 11) is 0. The molecule has 3 aromatic rings. The number of hydrogen-bond acceptors (Lipinski definition) is 7. The van der Waals surface area contributed by atoms with E-state index in [1.807, 2.05) is 13.0 Å². The Labute approximate surface area is 182 Å². The molecule has 0 atom stereocenters. The van der Waals surface area contributed by atoms with Gasteiger partial charge in [0, 0.05) is 12.7 Å². The molecule has 4 rings (SSSR count). The lowest BCUT2D eigenvalue weighted by atomic mass is 10.2. The number of hydrogen-bond donors (Lipinski definition) is 1. The van der Waals surface area contributed by atoms with Gasteiger partial charge >= 0.3 is 0 Å². The molecule has 3 aromatic heterocycles. The quantitative estimate of drug-likeness (QED) is 0.358. The van der Waals surface area contributed by atoms with Gasteiger partial charge in [0.15, 0.2) is 0 Å². The van der Waals surface area contributed by atoms with Crippen LogP contribution >= 0.6 is 24.0 Å². The van der Waals surface area contributed by atoms with Crippen molar-refractivity contribution in [3.8, 4) is 0 Å². The van der Waals surface area contributed by atoms with Crippen LogP contribution in [0, 0.1) is 6.92 Å². The number of carbonyl (C=O) groups is 1. The number of aromatic nitrogens is 2. The van der Waals surface area contributed by atoms with Gasteiger partial charge < -0.3 is 9.73 Å².